The van der Waals surface area contributed by atoms with E-state index in [1.54, 1.807) is 0 Å². The lowest BCUT2D eigenvalue weighted by atomic mass is 10.1. The molecule has 2 rings (SSSR count). The average molecular weight is 404 g/mol. The summed E-state index contributed by atoms with van der Waals surface area (Å²) in [4.78, 5) is 23.5. The van der Waals surface area contributed by atoms with E-state index in [-0.39, 0.29) is 29.4 Å². The maximum atomic E-state index is 12.6. The van der Waals surface area contributed by atoms with Crippen molar-refractivity contribution < 1.29 is 28.7 Å². The fourth-order valence-corrected chi connectivity index (χ4v) is 2.76. The second kappa shape index (κ2) is 10.2. The SMILES string of the molecule is COc1cc(C(=O)NCCCOc2cccc(C)c2)c([N+](=O)[O-])c(OC)c1OC. The van der Waals surface area contributed by atoms with Gasteiger partial charge in [-0.25, -0.2) is 0 Å². The van der Waals surface area contributed by atoms with Crippen LogP contribution in [-0.2, 0) is 0 Å². The topological polar surface area (TPSA) is 109 Å². The van der Waals surface area contributed by atoms with Gasteiger partial charge in [-0.05, 0) is 31.0 Å². The summed E-state index contributed by atoms with van der Waals surface area (Å²) < 4.78 is 21.1. The molecule has 0 aliphatic carbocycles. The fraction of sp³-hybridized carbons (Fsp3) is 0.350. The fourth-order valence-electron chi connectivity index (χ4n) is 2.76. The Morgan fingerprint density at radius 2 is 1.83 bits per heavy atom. The number of nitro groups is 1. The molecule has 2 aromatic carbocycles. The van der Waals surface area contributed by atoms with Gasteiger partial charge in [0.1, 0.15) is 11.3 Å². The third-order valence-electron chi connectivity index (χ3n) is 4.10. The smallest absolute Gasteiger partial charge is 0.327 e. The Bertz CT molecular complexity index is 883. The molecule has 156 valence electrons. The quantitative estimate of drug-likeness (QED) is 0.368. The number of rotatable bonds is 10. The highest BCUT2D eigenvalue weighted by atomic mass is 16.6. The summed E-state index contributed by atoms with van der Waals surface area (Å²) in [6.45, 7) is 2.64. The molecule has 0 radical (unpaired) electrons. The first-order chi connectivity index (χ1) is 13.9. The van der Waals surface area contributed by atoms with E-state index < -0.39 is 16.5 Å². The van der Waals surface area contributed by atoms with Gasteiger partial charge in [0.2, 0.25) is 11.5 Å². The van der Waals surface area contributed by atoms with Crippen LogP contribution in [0.2, 0.25) is 0 Å². The number of nitro benzene ring substituents is 1. The van der Waals surface area contributed by atoms with Crippen LogP contribution in [0.1, 0.15) is 22.3 Å². The van der Waals surface area contributed by atoms with Gasteiger partial charge >= 0.3 is 5.69 Å². The molecule has 0 atom stereocenters. The number of nitrogens with zero attached hydrogens (tertiary/aromatic N) is 1. The lowest BCUT2D eigenvalue weighted by molar-refractivity contribution is -0.386. The summed E-state index contributed by atoms with van der Waals surface area (Å²) in [6, 6.07) is 8.90. The molecule has 9 nitrogen and oxygen atoms in total. The number of amides is 1. The number of ether oxygens (including phenoxy) is 4. The van der Waals surface area contributed by atoms with E-state index in [1.807, 2.05) is 31.2 Å². The molecule has 2 aromatic rings. The van der Waals surface area contributed by atoms with Crippen LogP contribution >= 0.6 is 0 Å². The van der Waals surface area contributed by atoms with Gasteiger partial charge in [-0.3, -0.25) is 14.9 Å². The second-order valence-corrected chi connectivity index (χ2v) is 6.07. The Kier molecular flexibility index (Phi) is 7.64. The van der Waals surface area contributed by atoms with Gasteiger partial charge in [0.25, 0.3) is 5.91 Å². The number of hydrogen-bond acceptors (Lipinski definition) is 7. The number of carbonyl (C=O) groups is 1. The van der Waals surface area contributed by atoms with E-state index in [9.17, 15) is 14.9 Å². The highest BCUT2D eigenvalue weighted by molar-refractivity contribution is 6.00. The van der Waals surface area contributed by atoms with Crippen LogP contribution in [0.4, 0.5) is 5.69 Å². The molecule has 1 amide bonds. The van der Waals surface area contributed by atoms with Gasteiger partial charge in [-0.15, -0.1) is 0 Å². The zero-order chi connectivity index (χ0) is 21.4. The van der Waals surface area contributed by atoms with Crippen molar-refractivity contribution in [2.45, 2.75) is 13.3 Å². The van der Waals surface area contributed by atoms with Crippen LogP contribution in [-0.4, -0.2) is 45.3 Å². The van der Waals surface area contributed by atoms with Crippen LogP contribution < -0.4 is 24.3 Å². The van der Waals surface area contributed by atoms with Crippen molar-refractivity contribution in [1.82, 2.24) is 5.32 Å². The van der Waals surface area contributed by atoms with E-state index in [4.69, 9.17) is 18.9 Å². The van der Waals surface area contributed by atoms with Gasteiger partial charge in [0.05, 0.1) is 32.9 Å². The first-order valence-corrected chi connectivity index (χ1v) is 8.88. The minimum absolute atomic E-state index is 0.0461. The van der Waals surface area contributed by atoms with Crippen molar-refractivity contribution in [3.8, 4) is 23.0 Å². The maximum absolute atomic E-state index is 12.6. The predicted octanol–water partition coefficient (Wildman–Crippen LogP) is 3.13. The summed E-state index contributed by atoms with van der Waals surface area (Å²) in [5.41, 5.74) is 0.424. The van der Waals surface area contributed by atoms with E-state index in [0.29, 0.717) is 13.0 Å². The highest BCUT2D eigenvalue weighted by Gasteiger charge is 2.32. The molecular formula is C20H24N2O7. The molecule has 0 aromatic heterocycles. The third-order valence-corrected chi connectivity index (χ3v) is 4.10. The van der Waals surface area contributed by atoms with Gasteiger partial charge in [-0.2, -0.15) is 0 Å². The monoisotopic (exact) mass is 404 g/mol. The number of carbonyl (C=O) groups excluding carboxylic acids is 1. The van der Waals surface area contributed by atoms with Crippen LogP contribution in [0, 0.1) is 17.0 Å². The molecule has 0 heterocycles. The Morgan fingerprint density at radius 1 is 1.10 bits per heavy atom. The predicted molar refractivity (Wildman–Crippen MR) is 106 cm³/mol. The summed E-state index contributed by atoms with van der Waals surface area (Å²) in [7, 11) is 3.96. The molecule has 0 aliphatic heterocycles. The van der Waals surface area contributed by atoms with E-state index in [2.05, 4.69) is 5.32 Å². The van der Waals surface area contributed by atoms with E-state index in [1.165, 1.54) is 27.4 Å². The molecule has 0 bridgehead atoms. The van der Waals surface area contributed by atoms with Crippen LogP contribution in [0.5, 0.6) is 23.0 Å². The Morgan fingerprint density at radius 3 is 2.41 bits per heavy atom. The minimum Gasteiger partial charge on any atom is -0.494 e. The zero-order valence-electron chi connectivity index (χ0n) is 16.8. The lowest BCUT2D eigenvalue weighted by Gasteiger charge is -2.15. The molecule has 9 heteroatoms. The highest BCUT2D eigenvalue weighted by Crippen LogP contribution is 2.46. The molecule has 0 unspecified atom stereocenters. The molecule has 0 fully saturated rings. The van der Waals surface area contributed by atoms with Crippen molar-refractivity contribution in [2.75, 3.05) is 34.5 Å². The molecular weight excluding hydrogens is 380 g/mol. The molecule has 0 spiro atoms. The molecule has 1 N–H and O–H groups in total. The van der Waals surface area contributed by atoms with Crippen LogP contribution in [0.15, 0.2) is 30.3 Å². The molecule has 0 saturated carbocycles. The molecule has 0 saturated heterocycles. The Hall–Kier alpha value is -3.49. The van der Waals surface area contributed by atoms with Crippen molar-refractivity contribution in [1.29, 1.82) is 0 Å². The van der Waals surface area contributed by atoms with Crippen molar-refractivity contribution >= 4 is 11.6 Å². The van der Waals surface area contributed by atoms with Gasteiger partial charge in [-0.1, -0.05) is 12.1 Å². The van der Waals surface area contributed by atoms with E-state index in [0.717, 1.165) is 11.3 Å². The zero-order valence-corrected chi connectivity index (χ0v) is 16.8. The van der Waals surface area contributed by atoms with Crippen molar-refractivity contribution in [3.63, 3.8) is 0 Å². The summed E-state index contributed by atoms with van der Waals surface area (Å²) in [5.74, 6) is 0.153. The van der Waals surface area contributed by atoms with E-state index >= 15 is 0 Å². The van der Waals surface area contributed by atoms with Gasteiger partial charge in [0, 0.05) is 12.6 Å². The first-order valence-electron chi connectivity index (χ1n) is 8.88. The normalized spacial score (nSPS) is 10.2. The number of benzene rings is 2. The van der Waals surface area contributed by atoms with Gasteiger partial charge in [0.15, 0.2) is 5.75 Å². The lowest BCUT2D eigenvalue weighted by Crippen LogP contribution is -2.26. The Balaban J connectivity index is 2.08. The van der Waals surface area contributed by atoms with Crippen molar-refractivity contribution in [2.24, 2.45) is 0 Å². The number of nitrogens with one attached hydrogen (secondary N) is 1. The maximum Gasteiger partial charge on any atom is 0.327 e. The number of methoxy groups -OCH3 is 3. The minimum atomic E-state index is -0.684. The van der Waals surface area contributed by atoms with Crippen molar-refractivity contribution in [3.05, 3.63) is 51.6 Å². The second-order valence-electron chi connectivity index (χ2n) is 6.07. The summed E-state index contributed by atoms with van der Waals surface area (Å²) in [6.07, 6.45) is 0.526. The van der Waals surface area contributed by atoms with Gasteiger partial charge < -0.3 is 24.3 Å². The van der Waals surface area contributed by atoms with Crippen LogP contribution in [0.3, 0.4) is 0 Å². The molecule has 29 heavy (non-hydrogen) atoms. The third kappa shape index (κ3) is 5.28. The van der Waals surface area contributed by atoms with Crippen LogP contribution in [0.25, 0.3) is 0 Å². The standard InChI is InChI=1S/C20H24N2O7/c1-13-7-5-8-14(11-13)29-10-6-9-21-20(23)15-12-16(26-2)18(27-3)19(28-4)17(15)22(24)25/h5,7-8,11-12H,6,9-10H2,1-4H3,(H,21,23). The number of hydrogen-bond donors (Lipinski definition) is 1. The first kappa shape index (κ1) is 21.8. The average Bonchev–Trinajstić information content (AvgIpc) is 2.71. The Labute approximate surface area is 168 Å². The molecule has 0 aliphatic rings. The summed E-state index contributed by atoms with van der Waals surface area (Å²) >= 11 is 0. The summed E-state index contributed by atoms with van der Waals surface area (Å²) in [5, 5.41) is 14.2. The number of aryl methyl sites for hydroxylation is 1. The largest absolute Gasteiger partial charge is 0.494 e.